The molecule has 1 heterocycles. The lowest BCUT2D eigenvalue weighted by atomic mass is 10.1. The molecule has 0 bridgehead atoms. The molecule has 0 N–H and O–H groups in total. The Bertz CT molecular complexity index is 519. The summed E-state index contributed by atoms with van der Waals surface area (Å²) in [6.07, 6.45) is -4.58. The van der Waals surface area contributed by atoms with Gasteiger partial charge in [-0.25, -0.2) is 0 Å². The molecule has 1 amide bonds. The second-order valence-corrected chi connectivity index (χ2v) is 5.48. The fraction of sp³-hybridized carbons (Fsp3) is 0.462. The van der Waals surface area contributed by atoms with E-state index in [0.29, 0.717) is 24.2 Å². The summed E-state index contributed by atoms with van der Waals surface area (Å²) < 4.78 is 43.8. The van der Waals surface area contributed by atoms with Gasteiger partial charge in [0.2, 0.25) is 0 Å². The Morgan fingerprint density at radius 1 is 1.45 bits per heavy atom. The Morgan fingerprint density at radius 3 is 2.75 bits per heavy atom. The fourth-order valence-corrected chi connectivity index (χ4v) is 2.45. The number of benzene rings is 1. The number of carbonyl (C=O) groups is 1. The predicted octanol–water partition coefficient (Wildman–Crippen LogP) is 3.33. The number of halogens is 4. The second-order valence-electron chi connectivity index (χ2n) is 4.62. The third-order valence-corrected chi connectivity index (χ3v) is 3.74. The molecule has 1 aliphatic rings. The van der Waals surface area contributed by atoms with Crippen molar-refractivity contribution in [1.29, 1.82) is 0 Å². The first-order valence-corrected chi connectivity index (χ1v) is 6.86. The SMILES string of the molecule is C[C@@H]1CN(C(=O)c2cc(C(F)(F)F)ccc2Br)CCO1. The number of amides is 1. The molecule has 2 rings (SSSR count). The van der Waals surface area contributed by atoms with E-state index < -0.39 is 17.6 Å². The standard InChI is InChI=1S/C13H13BrF3NO2/c1-8-7-18(4-5-20-8)12(19)10-6-9(13(15,16)17)2-3-11(10)14/h2-3,6,8H,4-5,7H2,1H3/t8-/m1/s1. The lowest BCUT2D eigenvalue weighted by Gasteiger charge is -2.31. The van der Waals surface area contributed by atoms with Gasteiger partial charge in [0.1, 0.15) is 0 Å². The predicted molar refractivity (Wildman–Crippen MR) is 70.5 cm³/mol. The van der Waals surface area contributed by atoms with Gasteiger partial charge in [-0.2, -0.15) is 13.2 Å². The topological polar surface area (TPSA) is 29.5 Å². The van der Waals surface area contributed by atoms with Crippen LogP contribution in [0.3, 0.4) is 0 Å². The zero-order valence-corrected chi connectivity index (χ0v) is 12.3. The van der Waals surface area contributed by atoms with Gasteiger partial charge in [0, 0.05) is 17.6 Å². The normalized spacial score (nSPS) is 20.1. The molecule has 0 aromatic heterocycles. The summed E-state index contributed by atoms with van der Waals surface area (Å²) in [4.78, 5) is 13.8. The van der Waals surface area contributed by atoms with Crippen LogP contribution in [0, 0.1) is 0 Å². The molecule has 1 saturated heterocycles. The van der Waals surface area contributed by atoms with Gasteiger partial charge >= 0.3 is 6.18 Å². The van der Waals surface area contributed by atoms with Gasteiger partial charge in [0.05, 0.1) is 23.8 Å². The molecule has 1 aromatic carbocycles. The van der Waals surface area contributed by atoms with Crippen LogP contribution in [-0.2, 0) is 10.9 Å². The molecule has 0 radical (unpaired) electrons. The Balaban J connectivity index is 2.29. The smallest absolute Gasteiger partial charge is 0.375 e. The Hall–Kier alpha value is -1.08. The zero-order chi connectivity index (χ0) is 14.9. The summed E-state index contributed by atoms with van der Waals surface area (Å²) in [5.41, 5.74) is -0.806. The molecule has 0 spiro atoms. The number of hydrogen-bond donors (Lipinski definition) is 0. The third kappa shape index (κ3) is 3.32. The van der Waals surface area contributed by atoms with Gasteiger partial charge < -0.3 is 9.64 Å². The minimum atomic E-state index is -4.46. The first-order chi connectivity index (χ1) is 9.29. The fourth-order valence-electron chi connectivity index (χ4n) is 2.04. The molecule has 3 nitrogen and oxygen atoms in total. The van der Waals surface area contributed by atoms with Gasteiger partial charge in [-0.15, -0.1) is 0 Å². The van der Waals surface area contributed by atoms with E-state index in [-0.39, 0.29) is 11.7 Å². The van der Waals surface area contributed by atoms with Crippen molar-refractivity contribution in [2.75, 3.05) is 19.7 Å². The van der Waals surface area contributed by atoms with E-state index in [1.54, 1.807) is 0 Å². The number of rotatable bonds is 1. The van der Waals surface area contributed by atoms with Gasteiger partial charge in [0.25, 0.3) is 5.91 Å². The molecule has 1 aliphatic heterocycles. The van der Waals surface area contributed by atoms with Crippen LogP contribution in [-0.4, -0.2) is 36.6 Å². The lowest BCUT2D eigenvalue weighted by molar-refractivity contribution is -0.137. The van der Waals surface area contributed by atoms with E-state index >= 15 is 0 Å². The molecular formula is C13H13BrF3NO2. The van der Waals surface area contributed by atoms with E-state index in [2.05, 4.69) is 15.9 Å². The van der Waals surface area contributed by atoms with Gasteiger partial charge in [-0.1, -0.05) is 0 Å². The van der Waals surface area contributed by atoms with Crippen LogP contribution in [0.4, 0.5) is 13.2 Å². The number of morpholine rings is 1. The van der Waals surface area contributed by atoms with E-state index in [1.807, 2.05) is 6.92 Å². The van der Waals surface area contributed by atoms with E-state index in [1.165, 1.54) is 11.0 Å². The number of alkyl halides is 3. The molecule has 0 unspecified atom stereocenters. The third-order valence-electron chi connectivity index (χ3n) is 3.05. The molecule has 0 aliphatic carbocycles. The Morgan fingerprint density at radius 2 is 2.15 bits per heavy atom. The number of ether oxygens (including phenoxy) is 1. The highest BCUT2D eigenvalue weighted by atomic mass is 79.9. The van der Waals surface area contributed by atoms with Crippen LogP contribution in [0.2, 0.25) is 0 Å². The molecule has 1 fully saturated rings. The van der Waals surface area contributed by atoms with Crippen molar-refractivity contribution in [1.82, 2.24) is 4.90 Å². The van der Waals surface area contributed by atoms with Crippen molar-refractivity contribution in [2.24, 2.45) is 0 Å². The summed E-state index contributed by atoms with van der Waals surface area (Å²) in [5, 5.41) is 0. The van der Waals surface area contributed by atoms with Crippen LogP contribution in [0.5, 0.6) is 0 Å². The maximum Gasteiger partial charge on any atom is 0.416 e. The summed E-state index contributed by atoms with van der Waals surface area (Å²) in [6.45, 7) is 2.97. The van der Waals surface area contributed by atoms with Crippen LogP contribution < -0.4 is 0 Å². The molecule has 20 heavy (non-hydrogen) atoms. The number of hydrogen-bond acceptors (Lipinski definition) is 2. The van der Waals surface area contributed by atoms with Crippen LogP contribution in [0.25, 0.3) is 0 Å². The first-order valence-electron chi connectivity index (χ1n) is 6.06. The van der Waals surface area contributed by atoms with Crippen molar-refractivity contribution < 1.29 is 22.7 Å². The first kappa shape index (κ1) is 15.3. The van der Waals surface area contributed by atoms with Crippen molar-refractivity contribution in [3.63, 3.8) is 0 Å². The highest BCUT2D eigenvalue weighted by Gasteiger charge is 2.32. The maximum absolute atomic E-state index is 12.7. The number of carbonyl (C=O) groups excluding carboxylic acids is 1. The highest BCUT2D eigenvalue weighted by molar-refractivity contribution is 9.10. The minimum Gasteiger partial charge on any atom is -0.375 e. The van der Waals surface area contributed by atoms with Crippen LogP contribution in [0.1, 0.15) is 22.8 Å². The van der Waals surface area contributed by atoms with Crippen molar-refractivity contribution in [3.05, 3.63) is 33.8 Å². The summed E-state index contributed by atoms with van der Waals surface area (Å²) >= 11 is 3.13. The van der Waals surface area contributed by atoms with Gasteiger partial charge in [-0.05, 0) is 41.1 Å². The van der Waals surface area contributed by atoms with Gasteiger partial charge in [-0.3, -0.25) is 4.79 Å². The second kappa shape index (κ2) is 5.73. The summed E-state index contributed by atoms with van der Waals surface area (Å²) in [6, 6.07) is 3.08. The van der Waals surface area contributed by atoms with Crippen molar-refractivity contribution in [2.45, 2.75) is 19.2 Å². The van der Waals surface area contributed by atoms with E-state index in [9.17, 15) is 18.0 Å². The average Bonchev–Trinajstić information content (AvgIpc) is 2.37. The van der Waals surface area contributed by atoms with Crippen molar-refractivity contribution >= 4 is 21.8 Å². The molecular weight excluding hydrogens is 339 g/mol. The molecule has 1 aromatic rings. The van der Waals surface area contributed by atoms with E-state index in [4.69, 9.17) is 4.74 Å². The Labute approximate surface area is 122 Å². The molecule has 7 heteroatoms. The minimum absolute atomic E-state index is 0.0222. The summed E-state index contributed by atoms with van der Waals surface area (Å²) in [5.74, 6) is -0.418. The lowest BCUT2D eigenvalue weighted by Crippen LogP contribution is -2.44. The van der Waals surface area contributed by atoms with Crippen LogP contribution in [0.15, 0.2) is 22.7 Å². The molecule has 110 valence electrons. The molecule has 0 saturated carbocycles. The monoisotopic (exact) mass is 351 g/mol. The highest BCUT2D eigenvalue weighted by Crippen LogP contribution is 2.32. The van der Waals surface area contributed by atoms with E-state index in [0.717, 1.165) is 12.1 Å². The molecule has 1 atom stereocenters. The van der Waals surface area contributed by atoms with Crippen molar-refractivity contribution in [3.8, 4) is 0 Å². The largest absolute Gasteiger partial charge is 0.416 e. The van der Waals surface area contributed by atoms with Gasteiger partial charge in [0.15, 0.2) is 0 Å². The zero-order valence-electron chi connectivity index (χ0n) is 10.7. The summed E-state index contributed by atoms with van der Waals surface area (Å²) in [7, 11) is 0. The Kier molecular flexibility index (Phi) is 4.39. The quantitative estimate of drug-likeness (QED) is 0.776. The number of nitrogens with zero attached hydrogens (tertiary/aromatic N) is 1. The van der Waals surface area contributed by atoms with Crippen LogP contribution >= 0.6 is 15.9 Å². The maximum atomic E-state index is 12.7. The average molecular weight is 352 g/mol.